The molecular formula is C15H10ClF3O2. The van der Waals surface area contributed by atoms with Crippen molar-refractivity contribution in [3.05, 3.63) is 58.6 Å². The van der Waals surface area contributed by atoms with Crippen LogP contribution in [0.1, 0.15) is 11.1 Å². The van der Waals surface area contributed by atoms with Crippen LogP contribution in [0.25, 0.3) is 11.1 Å². The zero-order valence-electron chi connectivity index (χ0n) is 10.6. The molecule has 2 aromatic carbocycles. The molecule has 0 unspecified atom stereocenters. The second-order valence-electron chi connectivity index (χ2n) is 4.46. The lowest BCUT2D eigenvalue weighted by molar-refractivity contribution is -0.138. The van der Waals surface area contributed by atoms with Crippen molar-refractivity contribution in [1.82, 2.24) is 0 Å². The molecule has 2 rings (SSSR count). The van der Waals surface area contributed by atoms with E-state index in [4.69, 9.17) is 16.7 Å². The molecule has 110 valence electrons. The fourth-order valence-corrected chi connectivity index (χ4v) is 2.11. The van der Waals surface area contributed by atoms with Gasteiger partial charge in [-0.15, -0.1) is 0 Å². The molecule has 2 nitrogen and oxygen atoms in total. The molecule has 0 heterocycles. The van der Waals surface area contributed by atoms with Crippen LogP contribution in [-0.4, -0.2) is 11.1 Å². The van der Waals surface area contributed by atoms with E-state index in [1.807, 2.05) is 0 Å². The standard InChI is InChI=1S/C15H10ClF3O2/c16-13-5-4-10(6-11(13)8-14(20)21)9-2-1-3-12(7-9)15(17,18)19/h1-7H,8H2,(H,20,21). The zero-order valence-corrected chi connectivity index (χ0v) is 11.4. The zero-order chi connectivity index (χ0) is 15.6. The number of carboxylic acid groups (broad SMARTS) is 1. The van der Waals surface area contributed by atoms with Crippen LogP contribution in [0.5, 0.6) is 0 Å². The number of carboxylic acids is 1. The van der Waals surface area contributed by atoms with Crippen molar-refractivity contribution in [3.63, 3.8) is 0 Å². The fraction of sp³-hybridized carbons (Fsp3) is 0.133. The Bertz CT molecular complexity index is 681. The fourth-order valence-electron chi connectivity index (χ4n) is 1.93. The second-order valence-corrected chi connectivity index (χ2v) is 4.86. The highest BCUT2D eigenvalue weighted by Crippen LogP contribution is 2.33. The predicted molar refractivity (Wildman–Crippen MR) is 73.2 cm³/mol. The van der Waals surface area contributed by atoms with Gasteiger partial charge in [0.05, 0.1) is 12.0 Å². The number of aliphatic carboxylic acids is 1. The largest absolute Gasteiger partial charge is 0.481 e. The molecule has 0 spiro atoms. The van der Waals surface area contributed by atoms with Gasteiger partial charge in [0.2, 0.25) is 0 Å². The Morgan fingerprint density at radius 3 is 2.38 bits per heavy atom. The van der Waals surface area contributed by atoms with Crippen LogP contribution in [0.15, 0.2) is 42.5 Å². The molecule has 0 amide bonds. The normalized spacial score (nSPS) is 11.4. The van der Waals surface area contributed by atoms with E-state index in [1.54, 1.807) is 6.07 Å². The highest BCUT2D eigenvalue weighted by atomic mass is 35.5. The highest BCUT2D eigenvalue weighted by molar-refractivity contribution is 6.31. The molecule has 0 fully saturated rings. The maximum absolute atomic E-state index is 12.7. The maximum Gasteiger partial charge on any atom is 0.416 e. The summed E-state index contributed by atoms with van der Waals surface area (Å²) < 4.78 is 38.1. The van der Waals surface area contributed by atoms with E-state index in [0.717, 1.165) is 12.1 Å². The van der Waals surface area contributed by atoms with Crippen molar-refractivity contribution in [2.24, 2.45) is 0 Å². The van der Waals surface area contributed by atoms with Gasteiger partial charge in [-0.2, -0.15) is 13.2 Å². The van der Waals surface area contributed by atoms with Gasteiger partial charge in [0, 0.05) is 5.02 Å². The third kappa shape index (κ3) is 3.76. The summed E-state index contributed by atoms with van der Waals surface area (Å²) >= 11 is 5.89. The molecule has 0 aliphatic heterocycles. The smallest absolute Gasteiger partial charge is 0.416 e. The number of hydrogen-bond acceptors (Lipinski definition) is 1. The molecule has 0 aliphatic carbocycles. The first-order chi connectivity index (χ1) is 9.77. The first kappa shape index (κ1) is 15.4. The summed E-state index contributed by atoms with van der Waals surface area (Å²) in [6.07, 6.45) is -4.71. The Morgan fingerprint density at radius 1 is 1.10 bits per heavy atom. The summed E-state index contributed by atoms with van der Waals surface area (Å²) in [5, 5.41) is 9.07. The molecule has 0 atom stereocenters. The van der Waals surface area contributed by atoms with E-state index in [-0.39, 0.29) is 11.4 Å². The van der Waals surface area contributed by atoms with Crippen LogP contribution >= 0.6 is 11.6 Å². The van der Waals surface area contributed by atoms with Crippen LogP contribution in [0.3, 0.4) is 0 Å². The Labute approximate surface area is 123 Å². The van der Waals surface area contributed by atoms with Gasteiger partial charge in [-0.1, -0.05) is 29.8 Å². The van der Waals surface area contributed by atoms with E-state index in [1.165, 1.54) is 24.3 Å². The summed E-state index contributed by atoms with van der Waals surface area (Å²) in [7, 11) is 0. The molecule has 0 aliphatic rings. The van der Waals surface area contributed by atoms with Gasteiger partial charge >= 0.3 is 12.1 Å². The van der Waals surface area contributed by atoms with Crippen molar-refractivity contribution < 1.29 is 23.1 Å². The number of carbonyl (C=O) groups is 1. The van der Waals surface area contributed by atoms with Crippen LogP contribution in [0, 0.1) is 0 Å². The molecule has 1 N–H and O–H groups in total. The number of halogens is 4. The van der Waals surface area contributed by atoms with E-state index in [9.17, 15) is 18.0 Å². The average Bonchev–Trinajstić information content (AvgIpc) is 2.40. The van der Waals surface area contributed by atoms with Crippen LogP contribution in [0.4, 0.5) is 13.2 Å². The number of alkyl halides is 3. The van der Waals surface area contributed by atoms with Gasteiger partial charge in [0.15, 0.2) is 0 Å². The Morgan fingerprint density at radius 2 is 1.76 bits per heavy atom. The summed E-state index contributed by atoms with van der Waals surface area (Å²) in [5.41, 5.74) is 0.448. The minimum Gasteiger partial charge on any atom is -0.481 e. The third-order valence-electron chi connectivity index (χ3n) is 2.91. The first-order valence-electron chi connectivity index (χ1n) is 5.95. The van der Waals surface area contributed by atoms with E-state index in [0.29, 0.717) is 16.7 Å². The molecule has 0 radical (unpaired) electrons. The van der Waals surface area contributed by atoms with E-state index < -0.39 is 17.7 Å². The number of benzene rings is 2. The minimum atomic E-state index is -4.42. The summed E-state index contributed by atoms with van der Waals surface area (Å²) in [5.74, 6) is -1.06. The summed E-state index contributed by atoms with van der Waals surface area (Å²) in [6, 6.07) is 9.38. The maximum atomic E-state index is 12.7. The average molecular weight is 315 g/mol. The van der Waals surface area contributed by atoms with Gasteiger partial charge < -0.3 is 5.11 Å². The van der Waals surface area contributed by atoms with Crippen molar-refractivity contribution in [1.29, 1.82) is 0 Å². The monoisotopic (exact) mass is 314 g/mol. The minimum absolute atomic E-state index is 0.271. The van der Waals surface area contributed by atoms with Crippen molar-refractivity contribution in [3.8, 4) is 11.1 Å². The highest BCUT2D eigenvalue weighted by Gasteiger charge is 2.30. The molecular weight excluding hydrogens is 305 g/mol. The van der Waals surface area contributed by atoms with Gasteiger partial charge in [-0.3, -0.25) is 4.79 Å². The Hall–Kier alpha value is -2.01. The topological polar surface area (TPSA) is 37.3 Å². The van der Waals surface area contributed by atoms with Crippen molar-refractivity contribution in [2.75, 3.05) is 0 Å². The number of rotatable bonds is 3. The van der Waals surface area contributed by atoms with Crippen LogP contribution < -0.4 is 0 Å². The van der Waals surface area contributed by atoms with Gasteiger partial charge in [0.25, 0.3) is 0 Å². The number of hydrogen-bond donors (Lipinski definition) is 1. The molecule has 0 saturated heterocycles. The second kappa shape index (κ2) is 5.77. The van der Waals surface area contributed by atoms with Gasteiger partial charge in [0.1, 0.15) is 0 Å². The molecule has 0 bridgehead atoms. The summed E-state index contributed by atoms with van der Waals surface area (Å²) in [4.78, 5) is 10.7. The van der Waals surface area contributed by atoms with E-state index in [2.05, 4.69) is 0 Å². The first-order valence-corrected chi connectivity index (χ1v) is 6.33. The van der Waals surface area contributed by atoms with Gasteiger partial charge in [-0.25, -0.2) is 0 Å². The van der Waals surface area contributed by atoms with Crippen molar-refractivity contribution >= 4 is 17.6 Å². The quantitative estimate of drug-likeness (QED) is 0.895. The molecule has 0 aromatic heterocycles. The molecule has 0 saturated carbocycles. The lowest BCUT2D eigenvalue weighted by atomic mass is 10.00. The van der Waals surface area contributed by atoms with E-state index >= 15 is 0 Å². The lowest BCUT2D eigenvalue weighted by Crippen LogP contribution is -2.04. The Balaban J connectivity index is 2.45. The lowest BCUT2D eigenvalue weighted by Gasteiger charge is -2.10. The third-order valence-corrected chi connectivity index (χ3v) is 3.28. The SMILES string of the molecule is O=C(O)Cc1cc(-c2cccc(C(F)(F)F)c2)ccc1Cl. The van der Waals surface area contributed by atoms with Crippen LogP contribution in [-0.2, 0) is 17.4 Å². The molecule has 6 heteroatoms. The van der Waals surface area contributed by atoms with Crippen molar-refractivity contribution in [2.45, 2.75) is 12.6 Å². The van der Waals surface area contributed by atoms with Gasteiger partial charge in [-0.05, 0) is 41.0 Å². The molecule has 21 heavy (non-hydrogen) atoms. The summed E-state index contributed by atoms with van der Waals surface area (Å²) in [6.45, 7) is 0. The predicted octanol–water partition coefficient (Wildman–Crippen LogP) is 4.65. The molecule has 2 aromatic rings. The Kier molecular flexibility index (Phi) is 4.23. The van der Waals surface area contributed by atoms with Crippen LogP contribution in [0.2, 0.25) is 5.02 Å².